The van der Waals surface area contributed by atoms with E-state index in [1.807, 2.05) is 31.2 Å². The number of benzene rings is 2. The highest BCUT2D eigenvalue weighted by atomic mass is 19.1. The van der Waals surface area contributed by atoms with Crippen molar-refractivity contribution < 1.29 is 13.9 Å². The number of hydrogen-bond acceptors (Lipinski definition) is 2. The molecule has 1 aliphatic rings. The number of ether oxygens (including phenoxy) is 1. The Morgan fingerprint density at radius 2 is 1.90 bits per heavy atom. The van der Waals surface area contributed by atoms with E-state index in [1.54, 1.807) is 24.1 Å². The van der Waals surface area contributed by atoms with Gasteiger partial charge < -0.3 is 9.64 Å². The lowest BCUT2D eigenvalue weighted by atomic mass is 10.1. The number of carbonyl (C=O) groups excluding carboxylic acids is 1. The molecule has 0 bridgehead atoms. The summed E-state index contributed by atoms with van der Waals surface area (Å²) in [5.74, 6) is 0.340. The van der Waals surface area contributed by atoms with Crippen LogP contribution in [-0.4, -0.2) is 17.9 Å². The number of amides is 1. The molecular formula is C17H16FNO2. The van der Waals surface area contributed by atoms with Crippen LogP contribution in [0.2, 0.25) is 0 Å². The van der Waals surface area contributed by atoms with Gasteiger partial charge in [0.15, 0.2) is 0 Å². The molecule has 2 aromatic carbocycles. The van der Waals surface area contributed by atoms with E-state index >= 15 is 0 Å². The second-order valence-electron chi connectivity index (χ2n) is 5.16. The summed E-state index contributed by atoms with van der Waals surface area (Å²) in [5.41, 5.74) is 1.95. The minimum Gasteiger partial charge on any atom is -0.497 e. The van der Waals surface area contributed by atoms with Gasteiger partial charge in [-0.3, -0.25) is 4.79 Å². The van der Waals surface area contributed by atoms with E-state index < -0.39 is 0 Å². The van der Waals surface area contributed by atoms with E-state index in [2.05, 4.69) is 0 Å². The average Bonchev–Trinajstić information content (AvgIpc) is 2.74. The van der Waals surface area contributed by atoms with Crippen LogP contribution >= 0.6 is 0 Å². The third-order valence-corrected chi connectivity index (χ3v) is 3.94. The Bertz CT molecular complexity index is 682. The van der Waals surface area contributed by atoms with Crippen LogP contribution in [0, 0.1) is 5.82 Å². The fourth-order valence-electron chi connectivity index (χ4n) is 2.77. The summed E-state index contributed by atoms with van der Waals surface area (Å²) in [4.78, 5) is 14.1. The Labute approximate surface area is 123 Å². The van der Waals surface area contributed by atoms with Crippen molar-refractivity contribution in [2.45, 2.75) is 19.5 Å². The zero-order valence-corrected chi connectivity index (χ0v) is 12.0. The third kappa shape index (κ3) is 2.27. The van der Waals surface area contributed by atoms with E-state index in [1.165, 1.54) is 6.07 Å². The molecule has 3 rings (SSSR count). The predicted octanol–water partition coefficient (Wildman–Crippen LogP) is 3.55. The van der Waals surface area contributed by atoms with Gasteiger partial charge >= 0.3 is 0 Å². The Kier molecular flexibility index (Phi) is 3.37. The molecule has 0 aromatic heterocycles. The monoisotopic (exact) mass is 285 g/mol. The van der Waals surface area contributed by atoms with Crippen LogP contribution in [-0.2, 0) is 6.54 Å². The third-order valence-electron chi connectivity index (χ3n) is 3.94. The first-order chi connectivity index (χ1) is 10.1. The maximum atomic E-state index is 13.9. The summed E-state index contributed by atoms with van der Waals surface area (Å²) in [7, 11) is 1.61. The SMILES string of the molecule is COc1ccc(CN2C(=O)c3cccc(F)c3C2C)cc1. The molecule has 0 saturated carbocycles. The van der Waals surface area contributed by atoms with Crippen molar-refractivity contribution in [1.82, 2.24) is 4.90 Å². The summed E-state index contributed by atoms with van der Waals surface area (Å²) >= 11 is 0. The number of fused-ring (bicyclic) bond motifs is 1. The Hall–Kier alpha value is -2.36. The van der Waals surface area contributed by atoms with Gasteiger partial charge in [0.2, 0.25) is 0 Å². The lowest BCUT2D eigenvalue weighted by Gasteiger charge is -2.22. The number of carbonyl (C=O) groups is 1. The Morgan fingerprint density at radius 1 is 1.19 bits per heavy atom. The van der Waals surface area contributed by atoms with Crippen LogP contribution < -0.4 is 4.74 Å². The number of hydrogen-bond donors (Lipinski definition) is 0. The van der Waals surface area contributed by atoms with Gasteiger partial charge in [-0.05, 0) is 36.8 Å². The van der Waals surface area contributed by atoms with Crippen molar-refractivity contribution in [2.24, 2.45) is 0 Å². The highest BCUT2D eigenvalue weighted by Crippen LogP contribution is 2.36. The predicted molar refractivity (Wildman–Crippen MR) is 77.7 cm³/mol. The molecule has 0 saturated heterocycles. The molecule has 0 N–H and O–H groups in total. The Balaban J connectivity index is 1.87. The molecular weight excluding hydrogens is 269 g/mol. The normalized spacial score (nSPS) is 17.0. The molecule has 0 radical (unpaired) electrons. The molecule has 1 aliphatic heterocycles. The number of nitrogens with zero attached hydrogens (tertiary/aromatic N) is 1. The summed E-state index contributed by atoms with van der Waals surface area (Å²) in [6, 6.07) is 12.0. The second kappa shape index (κ2) is 5.20. The van der Waals surface area contributed by atoms with Gasteiger partial charge in [-0.25, -0.2) is 4.39 Å². The molecule has 108 valence electrons. The molecule has 2 aromatic rings. The first-order valence-electron chi connectivity index (χ1n) is 6.84. The molecule has 1 amide bonds. The molecule has 1 atom stereocenters. The first kappa shape index (κ1) is 13.6. The van der Waals surface area contributed by atoms with Crippen LogP contribution in [0.1, 0.15) is 34.5 Å². The van der Waals surface area contributed by atoms with Crippen molar-refractivity contribution in [3.05, 3.63) is 65.0 Å². The van der Waals surface area contributed by atoms with Gasteiger partial charge in [0.1, 0.15) is 11.6 Å². The quantitative estimate of drug-likeness (QED) is 0.863. The summed E-state index contributed by atoms with van der Waals surface area (Å²) < 4.78 is 19.0. The van der Waals surface area contributed by atoms with Crippen molar-refractivity contribution in [3.63, 3.8) is 0 Å². The molecule has 4 heteroatoms. The fourth-order valence-corrected chi connectivity index (χ4v) is 2.77. The van der Waals surface area contributed by atoms with Gasteiger partial charge in [0, 0.05) is 17.7 Å². The minimum absolute atomic E-state index is 0.118. The fraction of sp³-hybridized carbons (Fsp3) is 0.235. The van der Waals surface area contributed by atoms with E-state index in [0.29, 0.717) is 17.7 Å². The smallest absolute Gasteiger partial charge is 0.255 e. The largest absolute Gasteiger partial charge is 0.497 e. The highest BCUT2D eigenvalue weighted by Gasteiger charge is 2.35. The van der Waals surface area contributed by atoms with Crippen LogP contribution in [0.4, 0.5) is 4.39 Å². The van der Waals surface area contributed by atoms with Gasteiger partial charge in [0.05, 0.1) is 13.2 Å². The van der Waals surface area contributed by atoms with E-state index in [0.717, 1.165) is 11.3 Å². The van der Waals surface area contributed by atoms with E-state index in [9.17, 15) is 9.18 Å². The second-order valence-corrected chi connectivity index (χ2v) is 5.16. The molecule has 0 aliphatic carbocycles. The average molecular weight is 285 g/mol. The first-order valence-corrected chi connectivity index (χ1v) is 6.84. The van der Waals surface area contributed by atoms with Gasteiger partial charge in [-0.1, -0.05) is 18.2 Å². The lowest BCUT2D eigenvalue weighted by molar-refractivity contribution is 0.0722. The summed E-state index contributed by atoms with van der Waals surface area (Å²) in [6.45, 7) is 2.31. The summed E-state index contributed by atoms with van der Waals surface area (Å²) in [6.07, 6.45) is 0. The van der Waals surface area contributed by atoms with Gasteiger partial charge in [-0.15, -0.1) is 0 Å². The van der Waals surface area contributed by atoms with Crippen molar-refractivity contribution in [1.29, 1.82) is 0 Å². The number of rotatable bonds is 3. The zero-order chi connectivity index (χ0) is 15.0. The zero-order valence-electron chi connectivity index (χ0n) is 12.0. The molecule has 0 fully saturated rings. The van der Waals surface area contributed by atoms with Crippen molar-refractivity contribution >= 4 is 5.91 Å². The van der Waals surface area contributed by atoms with Gasteiger partial charge in [-0.2, -0.15) is 0 Å². The van der Waals surface area contributed by atoms with Crippen molar-refractivity contribution in [2.75, 3.05) is 7.11 Å². The maximum Gasteiger partial charge on any atom is 0.255 e. The molecule has 1 unspecified atom stereocenters. The number of halogens is 1. The topological polar surface area (TPSA) is 29.5 Å². The van der Waals surface area contributed by atoms with Crippen LogP contribution in [0.15, 0.2) is 42.5 Å². The van der Waals surface area contributed by atoms with Crippen LogP contribution in [0.5, 0.6) is 5.75 Å². The van der Waals surface area contributed by atoms with Crippen LogP contribution in [0.3, 0.4) is 0 Å². The number of methoxy groups -OCH3 is 1. The molecule has 21 heavy (non-hydrogen) atoms. The van der Waals surface area contributed by atoms with Crippen molar-refractivity contribution in [3.8, 4) is 5.75 Å². The molecule has 3 nitrogen and oxygen atoms in total. The Morgan fingerprint density at radius 3 is 2.52 bits per heavy atom. The maximum absolute atomic E-state index is 13.9. The highest BCUT2D eigenvalue weighted by molar-refractivity contribution is 5.99. The summed E-state index contributed by atoms with van der Waals surface area (Å²) in [5, 5.41) is 0. The lowest BCUT2D eigenvalue weighted by Crippen LogP contribution is -2.26. The minimum atomic E-state index is -0.314. The van der Waals surface area contributed by atoms with E-state index in [4.69, 9.17) is 4.74 Å². The van der Waals surface area contributed by atoms with Crippen LogP contribution in [0.25, 0.3) is 0 Å². The van der Waals surface area contributed by atoms with E-state index in [-0.39, 0.29) is 17.8 Å². The molecule has 0 spiro atoms. The van der Waals surface area contributed by atoms with Gasteiger partial charge in [0.25, 0.3) is 5.91 Å². The molecule has 1 heterocycles. The standard InChI is InChI=1S/C17H16FNO2/c1-11-16-14(4-3-5-15(16)18)17(20)19(11)10-12-6-8-13(21-2)9-7-12/h3-9,11H,10H2,1-2H3.